The van der Waals surface area contributed by atoms with Gasteiger partial charge in [-0.1, -0.05) is 36.8 Å². The summed E-state index contributed by atoms with van der Waals surface area (Å²) >= 11 is 0. The number of carbonyl (C=O) groups is 1. The first-order valence-electron chi connectivity index (χ1n) is 10.0. The second-order valence-electron chi connectivity index (χ2n) is 7.50. The highest BCUT2D eigenvalue weighted by atomic mass is 32.2. The molecule has 7 heteroatoms. The first kappa shape index (κ1) is 21.3. The van der Waals surface area contributed by atoms with Gasteiger partial charge < -0.3 is 10.1 Å². The Labute approximate surface area is 172 Å². The number of benzene rings is 2. The van der Waals surface area contributed by atoms with Crippen molar-refractivity contribution in [3.05, 3.63) is 54.1 Å². The second-order valence-corrected chi connectivity index (χ2v) is 9.44. The van der Waals surface area contributed by atoms with Crippen molar-refractivity contribution in [3.8, 4) is 5.75 Å². The van der Waals surface area contributed by atoms with Crippen LogP contribution in [0.5, 0.6) is 5.75 Å². The molecule has 1 aliphatic heterocycles. The lowest BCUT2D eigenvalue weighted by Crippen LogP contribution is -2.35. The number of hydrogen-bond donors (Lipinski definition) is 1. The normalized spacial score (nSPS) is 15.3. The van der Waals surface area contributed by atoms with Crippen LogP contribution < -0.4 is 10.1 Å². The van der Waals surface area contributed by atoms with Gasteiger partial charge in [0, 0.05) is 13.1 Å². The molecule has 0 radical (unpaired) electrons. The van der Waals surface area contributed by atoms with Gasteiger partial charge in [0.2, 0.25) is 15.9 Å². The molecule has 1 amide bonds. The van der Waals surface area contributed by atoms with Crippen LogP contribution in [0.1, 0.15) is 38.7 Å². The minimum absolute atomic E-state index is 0.107. The SMILES string of the molecule is CC(C)Oc1ccc(S(=O)(=O)N2CCCCC2)cc1NC(=O)Cc1ccccc1. The lowest BCUT2D eigenvalue weighted by atomic mass is 10.1. The topological polar surface area (TPSA) is 75.7 Å². The lowest BCUT2D eigenvalue weighted by Gasteiger charge is -2.26. The smallest absolute Gasteiger partial charge is 0.243 e. The number of piperidine rings is 1. The third-order valence-corrected chi connectivity index (χ3v) is 6.64. The minimum Gasteiger partial charge on any atom is -0.489 e. The molecule has 2 aromatic carbocycles. The summed E-state index contributed by atoms with van der Waals surface area (Å²) in [5.74, 6) is 0.233. The standard InChI is InChI=1S/C22H28N2O4S/c1-17(2)28-21-12-11-19(29(26,27)24-13-7-4-8-14-24)16-20(21)23-22(25)15-18-9-5-3-6-10-18/h3,5-6,9-12,16-17H,4,7-8,13-15H2,1-2H3,(H,23,25). The molecule has 0 aliphatic carbocycles. The largest absolute Gasteiger partial charge is 0.489 e. The quantitative estimate of drug-likeness (QED) is 0.744. The van der Waals surface area contributed by atoms with E-state index in [1.54, 1.807) is 12.1 Å². The van der Waals surface area contributed by atoms with Crippen molar-refractivity contribution < 1.29 is 17.9 Å². The van der Waals surface area contributed by atoms with Crippen LogP contribution in [0.3, 0.4) is 0 Å². The summed E-state index contributed by atoms with van der Waals surface area (Å²) in [7, 11) is -3.60. The molecule has 0 aromatic heterocycles. The summed E-state index contributed by atoms with van der Waals surface area (Å²) in [6, 6.07) is 14.1. The van der Waals surface area contributed by atoms with Crippen molar-refractivity contribution in [2.45, 2.75) is 50.5 Å². The van der Waals surface area contributed by atoms with E-state index in [0.717, 1.165) is 24.8 Å². The predicted molar refractivity (Wildman–Crippen MR) is 114 cm³/mol. The Balaban J connectivity index is 1.86. The number of sulfonamides is 1. The van der Waals surface area contributed by atoms with E-state index in [0.29, 0.717) is 24.5 Å². The molecule has 0 atom stereocenters. The number of amides is 1. The van der Waals surface area contributed by atoms with Crippen LogP contribution in [0, 0.1) is 0 Å². The van der Waals surface area contributed by atoms with Crippen LogP contribution in [-0.2, 0) is 21.2 Å². The zero-order valence-electron chi connectivity index (χ0n) is 16.9. The monoisotopic (exact) mass is 416 g/mol. The number of anilines is 1. The van der Waals surface area contributed by atoms with Gasteiger partial charge in [0.25, 0.3) is 0 Å². The van der Waals surface area contributed by atoms with Crippen molar-refractivity contribution in [2.75, 3.05) is 18.4 Å². The van der Waals surface area contributed by atoms with Crippen LogP contribution in [0.15, 0.2) is 53.4 Å². The summed E-state index contributed by atoms with van der Waals surface area (Å²) < 4.78 is 33.3. The van der Waals surface area contributed by atoms with E-state index >= 15 is 0 Å². The van der Waals surface area contributed by atoms with Gasteiger partial charge in [0.05, 0.1) is 23.1 Å². The van der Waals surface area contributed by atoms with Crippen LogP contribution in [0.4, 0.5) is 5.69 Å². The Morgan fingerprint density at radius 1 is 1.07 bits per heavy atom. The van der Waals surface area contributed by atoms with Crippen molar-refractivity contribution >= 4 is 21.6 Å². The Morgan fingerprint density at radius 2 is 1.76 bits per heavy atom. The van der Waals surface area contributed by atoms with E-state index < -0.39 is 10.0 Å². The highest BCUT2D eigenvalue weighted by Gasteiger charge is 2.27. The molecular formula is C22H28N2O4S. The van der Waals surface area contributed by atoms with Gasteiger partial charge in [0.15, 0.2) is 0 Å². The number of nitrogens with one attached hydrogen (secondary N) is 1. The van der Waals surface area contributed by atoms with Gasteiger partial charge in [-0.2, -0.15) is 4.31 Å². The zero-order valence-corrected chi connectivity index (χ0v) is 17.7. The molecule has 0 spiro atoms. The average molecular weight is 417 g/mol. The van der Waals surface area contributed by atoms with Crippen molar-refractivity contribution in [3.63, 3.8) is 0 Å². The van der Waals surface area contributed by atoms with E-state index in [-0.39, 0.29) is 23.3 Å². The van der Waals surface area contributed by atoms with E-state index in [1.165, 1.54) is 10.4 Å². The molecule has 0 saturated carbocycles. The number of rotatable bonds is 7. The lowest BCUT2D eigenvalue weighted by molar-refractivity contribution is -0.115. The Morgan fingerprint density at radius 3 is 2.41 bits per heavy atom. The number of carbonyl (C=O) groups excluding carboxylic acids is 1. The maximum atomic E-state index is 13.0. The fraction of sp³-hybridized carbons (Fsp3) is 0.409. The molecule has 29 heavy (non-hydrogen) atoms. The summed E-state index contributed by atoms with van der Waals surface area (Å²) in [5, 5.41) is 2.83. The number of nitrogens with zero attached hydrogens (tertiary/aromatic N) is 1. The molecule has 1 fully saturated rings. The summed E-state index contributed by atoms with van der Waals surface area (Å²) in [4.78, 5) is 12.7. The first-order chi connectivity index (χ1) is 13.9. The maximum absolute atomic E-state index is 13.0. The number of hydrogen-bond acceptors (Lipinski definition) is 4. The van der Waals surface area contributed by atoms with Crippen molar-refractivity contribution in [2.24, 2.45) is 0 Å². The molecule has 6 nitrogen and oxygen atoms in total. The molecule has 156 valence electrons. The Kier molecular flexibility index (Phi) is 6.92. The molecule has 2 aromatic rings. The average Bonchev–Trinajstić information content (AvgIpc) is 2.70. The molecule has 0 unspecified atom stereocenters. The van der Waals surface area contributed by atoms with E-state index in [4.69, 9.17) is 4.74 Å². The van der Waals surface area contributed by atoms with Gasteiger partial charge in [0.1, 0.15) is 5.75 Å². The van der Waals surface area contributed by atoms with Crippen LogP contribution >= 0.6 is 0 Å². The zero-order chi connectivity index (χ0) is 20.9. The summed E-state index contributed by atoms with van der Waals surface area (Å²) in [6.45, 7) is 4.83. The van der Waals surface area contributed by atoms with Gasteiger partial charge >= 0.3 is 0 Å². The molecular weight excluding hydrogens is 388 g/mol. The molecule has 1 saturated heterocycles. The van der Waals surface area contributed by atoms with Crippen LogP contribution in [-0.4, -0.2) is 37.8 Å². The molecule has 3 rings (SSSR count). The molecule has 1 heterocycles. The Bertz CT molecular complexity index is 937. The van der Waals surface area contributed by atoms with Gasteiger partial charge in [-0.15, -0.1) is 0 Å². The molecule has 1 aliphatic rings. The number of ether oxygens (including phenoxy) is 1. The highest BCUT2D eigenvalue weighted by molar-refractivity contribution is 7.89. The van der Waals surface area contributed by atoms with E-state index in [1.807, 2.05) is 44.2 Å². The van der Waals surface area contributed by atoms with Crippen LogP contribution in [0.25, 0.3) is 0 Å². The maximum Gasteiger partial charge on any atom is 0.243 e. The van der Waals surface area contributed by atoms with Crippen molar-refractivity contribution in [1.82, 2.24) is 4.31 Å². The molecule has 1 N–H and O–H groups in total. The fourth-order valence-electron chi connectivity index (χ4n) is 3.35. The van der Waals surface area contributed by atoms with E-state index in [2.05, 4.69) is 5.32 Å². The third-order valence-electron chi connectivity index (χ3n) is 4.75. The first-order valence-corrected chi connectivity index (χ1v) is 11.4. The fourth-order valence-corrected chi connectivity index (χ4v) is 4.90. The molecule has 0 bridgehead atoms. The Hall–Kier alpha value is -2.38. The van der Waals surface area contributed by atoms with E-state index in [9.17, 15) is 13.2 Å². The third kappa shape index (κ3) is 5.58. The minimum atomic E-state index is -3.60. The van der Waals surface area contributed by atoms with Gasteiger partial charge in [-0.3, -0.25) is 4.79 Å². The predicted octanol–water partition coefficient (Wildman–Crippen LogP) is 3.83. The van der Waals surface area contributed by atoms with Gasteiger partial charge in [-0.05, 0) is 50.5 Å². The van der Waals surface area contributed by atoms with Crippen molar-refractivity contribution in [1.29, 1.82) is 0 Å². The van der Waals surface area contributed by atoms with Gasteiger partial charge in [-0.25, -0.2) is 8.42 Å². The highest BCUT2D eigenvalue weighted by Crippen LogP contribution is 2.31. The second kappa shape index (κ2) is 9.41. The summed E-state index contributed by atoms with van der Waals surface area (Å²) in [5.41, 5.74) is 1.26. The summed E-state index contributed by atoms with van der Waals surface area (Å²) in [6.07, 6.45) is 2.88. The van der Waals surface area contributed by atoms with Crippen LogP contribution in [0.2, 0.25) is 0 Å².